The molecule has 38 heavy (non-hydrogen) atoms. The van der Waals surface area contributed by atoms with Crippen LogP contribution < -0.4 is 9.47 Å². The predicted octanol–water partition coefficient (Wildman–Crippen LogP) is 7.39. The lowest BCUT2D eigenvalue weighted by Crippen LogP contribution is -2.30. The molecule has 7 heteroatoms. The van der Waals surface area contributed by atoms with Crippen LogP contribution in [0.1, 0.15) is 52.2 Å². The van der Waals surface area contributed by atoms with E-state index in [1.54, 1.807) is 0 Å². The highest BCUT2D eigenvalue weighted by atomic mass is 32.2. The van der Waals surface area contributed by atoms with Gasteiger partial charge in [-0.05, 0) is 94.6 Å². The third-order valence-corrected chi connectivity index (χ3v) is 8.75. The summed E-state index contributed by atoms with van der Waals surface area (Å²) in [6.07, 6.45) is 1.40. The summed E-state index contributed by atoms with van der Waals surface area (Å²) in [6.45, 7) is 12.5. The molecule has 0 aliphatic rings. The zero-order valence-corrected chi connectivity index (χ0v) is 24.7. The number of carbonyl (C=O) groups is 1. The van der Waals surface area contributed by atoms with E-state index < -0.39 is 15.5 Å². The van der Waals surface area contributed by atoms with Crippen LogP contribution in [-0.4, -0.2) is 34.2 Å². The average molecular weight is 555 g/mol. The maximum absolute atomic E-state index is 13.3. The van der Waals surface area contributed by atoms with Gasteiger partial charge in [-0.2, -0.15) is 0 Å². The summed E-state index contributed by atoms with van der Waals surface area (Å²) < 4.78 is 30.1. The standard InChI is InChI=1S/C31H38O5S2/c1-7-24-14-16-27(29(21-24)38(33)26-12-10-9-11-13-26)36-23(4)18-19-35-25-15-17-28(22(3)20-25)37-31(5,6)30(32)34-8-2/h9-17,20-21,23H,7-8,18-19H2,1-6H3. The van der Waals surface area contributed by atoms with Gasteiger partial charge < -0.3 is 14.2 Å². The van der Waals surface area contributed by atoms with E-state index in [1.807, 2.05) is 101 Å². The van der Waals surface area contributed by atoms with E-state index in [2.05, 4.69) is 6.92 Å². The first-order valence-electron chi connectivity index (χ1n) is 13.0. The van der Waals surface area contributed by atoms with Gasteiger partial charge in [0.05, 0.1) is 35.0 Å². The second-order valence-corrected chi connectivity index (χ2v) is 12.7. The molecule has 0 heterocycles. The molecule has 0 bridgehead atoms. The first kappa shape index (κ1) is 29.8. The molecule has 2 atom stereocenters. The van der Waals surface area contributed by atoms with Crippen molar-refractivity contribution >= 4 is 28.5 Å². The molecule has 0 aromatic heterocycles. The first-order valence-corrected chi connectivity index (χ1v) is 15.0. The van der Waals surface area contributed by atoms with E-state index in [9.17, 15) is 9.00 Å². The highest BCUT2D eigenvalue weighted by Crippen LogP contribution is 2.37. The molecule has 5 nitrogen and oxygen atoms in total. The fraction of sp³-hybridized carbons (Fsp3) is 0.387. The van der Waals surface area contributed by atoms with Gasteiger partial charge in [0, 0.05) is 16.2 Å². The van der Waals surface area contributed by atoms with Gasteiger partial charge in [-0.25, -0.2) is 4.21 Å². The summed E-state index contributed by atoms with van der Waals surface area (Å²) >= 11 is 1.49. The minimum atomic E-state index is -1.33. The third kappa shape index (κ3) is 8.11. The number of rotatable bonds is 13. The first-order chi connectivity index (χ1) is 18.1. The maximum atomic E-state index is 13.3. The Hall–Kier alpha value is -2.77. The number of carbonyl (C=O) groups excluding carboxylic acids is 1. The Morgan fingerprint density at radius 2 is 1.76 bits per heavy atom. The van der Waals surface area contributed by atoms with Crippen molar-refractivity contribution in [3.05, 3.63) is 77.9 Å². The van der Waals surface area contributed by atoms with Gasteiger partial charge in [0.25, 0.3) is 0 Å². The number of hydrogen-bond acceptors (Lipinski definition) is 6. The molecule has 0 saturated heterocycles. The van der Waals surface area contributed by atoms with E-state index in [-0.39, 0.29) is 12.1 Å². The Labute approximate surface area is 233 Å². The summed E-state index contributed by atoms with van der Waals surface area (Å²) in [5.74, 6) is 1.18. The molecule has 0 spiro atoms. The van der Waals surface area contributed by atoms with Crippen LogP contribution in [0.25, 0.3) is 0 Å². The van der Waals surface area contributed by atoms with Crippen molar-refractivity contribution in [2.75, 3.05) is 13.2 Å². The molecule has 3 aromatic rings. The van der Waals surface area contributed by atoms with Crippen LogP contribution in [0.5, 0.6) is 11.5 Å². The predicted molar refractivity (Wildman–Crippen MR) is 155 cm³/mol. The van der Waals surface area contributed by atoms with Crippen LogP contribution in [0, 0.1) is 6.92 Å². The molecule has 0 aliphatic heterocycles. The van der Waals surface area contributed by atoms with Crippen molar-refractivity contribution < 1.29 is 23.2 Å². The normalized spacial score (nSPS) is 13.0. The fourth-order valence-electron chi connectivity index (χ4n) is 3.75. The molecule has 3 aromatic carbocycles. The van der Waals surface area contributed by atoms with Crippen LogP contribution >= 0.6 is 11.8 Å². The monoisotopic (exact) mass is 554 g/mol. The van der Waals surface area contributed by atoms with Gasteiger partial charge in [-0.3, -0.25) is 4.79 Å². The highest BCUT2D eigenvalue weighted by molar-refractivity contribution is 8.01. The zero-order valence-electron chi connectivity index (χ0n) is 23.1. The maximum Gasteiger partial charge on any atom is 0.321 e. The lowest BCUT2D eigenvalue weighted by molar-refractivity contribution is -0.145. The van der Waals surface area contributed by atoms with E-state index in [0.29, 0.717) is 30.3 Å². The van der Waals surface area contributed by atoms with Crippen molar-refractivity contribution in [1.29, 1.82) is 0 Å². The van der Waals surface area contributed by atoms with Gasteiger partial charge >= 0.3 is 5.97 Å². The van der Waals surface area contributed by atoms with Crippen LogP contribution in [-0.2, 0) is 26.8 Å². The molecule has 0 radical (unpaired) electrons. The molecule has 0 amide bonds. The summed E-state index contributed by atoms with van der Waals surface area (Å²) in [5.41, 5.74) is 2.16. The van der Waals surface area contributed by atoms with E-state index in [0.717, 1.165) is 33.1 Å². The molecule has 3 rings (SSSR count). The van der Waals surface area contributed by atoms with E-state index >= 15 is 0 Å². The number of esters is 1. The third-order valence-electron chi connectivity index (χ3n) is 5.97. The van der Waals surface area contributed by atoms with Gasteiger partial charge in [0.15, 0.2) is 0 Å². The van der Waals surface area contributed by atoms with Crippen LogP contribution in [0.2, 0.25) is 0 Å². The van der Waals surface area contributed by atoms with Gasteiger partial charge in [0.2, 0.25) is 0 Å². The Morgan fingerprint density at radius 3 is 2.42 bits per heavy atom. The second-order valence-electron chi connectivity index (χ2n) is 9.54. The number of thioether (sulfide) groups is 1. The van der Waals surface area contributed by atoms with Crippen LogP contribution in [0.15, 0.2) is 81.4 Å². The molecule has 0 fully saturated rings. The highest BCUT2D eigenvalue weighted by Gasteiger charge is 2.31. The van der Waals surface area contributed by atoms with Gasteiger partial charge in [0.1, 0.15) is 16.2 Å². The molecular formula is C31H38O5S2. The summed E-state index contributed by atoms with van der Waals surface area (Å²) in [6, 6.07) is 21.3. The summed E-state index contributed by atoms with van der Waals surface area (Å²) in [5, 5.41) is 0. The number of benzene rings is 3. The lowest BCUT2D eigenvalue weighted by Gasteiger charge is -2.23. The topological polar surface area (TPSA) is 61.8 Å². The molecule has 0 N–H and O–H groups in total. The second kappa shape index (κ2) is 13.9. The van der Waals surface area contributed by atoms with Crippen molar-refractivity contribution in [1.82, 2.24) is 0 Å². The average Bonchev–Trinajstić information content (AvgIpc) is 2.90. The molecular weight excluding hydrogens is 516 g/mol. The molecule has 204 valence electrons. The van der Waals surface area contributed by atoms with Crippen molar-refractivity contribution in [3.8, 4) is 11.5 Å². The SMILES string of the molecule is CCOC(=O)C(C)(C)Sc1ccc(OCCC(C)Oc2ccc(CC)cc2S(=O)c2ccccc2)cc1C. The minimum absolute atomic E-state index is 0.129. The smallest absolute Gasteiger partial charge is 0.321 e. The van der Waals surface area contributed by atoms with Crippen molar-refractivity contribution in [2.24, 2.45) is 0 Å². The van der Waals surface area contributed by atoms with Crippen LogP contribution in [0.4, 0.5) is 0 Å². The fourth-order valence-corrected chi connectivity index (χ4v) is 6.02. The quantitative estimate of drug-likeness (QED) is 0.162. The molecule has 0 aliphatic carbocycles. The number of aryl methyl sites for hydroxylation is 2. The molecule has 0 saturated carbocycles. The number of hydrogen-bond donors (Lipinski definition) is 0. The van der Waals surface area contributed by atoms with Crippen molar-refractivity contribution in [2.45, 2.75) is 79.9 Å². The Balaban J connectivity index is 1.60. The minimum Gasteiger partial charge on any atom is -0.493 e. The van der Waals surface area contributed by atoms with Crippen molar-refractivity contribution in [3.63, 3.8) is 0 Å². The van der Waals surface area contributed by atoms with Crippen LogP contribution in [0.3, 0.4) is 0 Å². The zero-order chi connectivity index (χ0) is 27.7. The Bertz CT molecular complexity index is 1240. The summed E-state index contributed by atoms with van der Waals surface area (Å²) in [4.78, 5) is 14.7. The Morgan fingerprint density at radius 1 is 1.03 bits per heavy atom. The van der Waals surface area contributed by atoms with E-state index in [4.69, 9.17) is 14.2 Å². The van der Waals surface area contributed by atoms with E-state index in [1.165, 1.54) is 11.8 Å². The van der Waals surface area contributed by atoms with Gasteiger partial charge in [-0.1, -0.05) is 31.2 Å². The summed E-state index contributed by atoms with van der Waals surface area (Å²) in [7, 11) is -1.33. The Kier molecular flexibility index (Phi) is 10.9. The van der Waals surface area contributed by atoms with Gasteiger partial charge in [-0.15, -0.1) is 11.8 Å². The lowest BCUT2D eigenvalue weighted by atomic mass is 10.1. The number of ether oxygens (including phenoxy) is 3. The largest absolute Gasteiger partial charge is 0.493 e. The molecule has 2 unspecified atom stereocenters.